The van der Waals surface area contributed by atoms with Crippen LogP contribution in [-0.2, 0) is 7.05 Å². The molecule has 1 N–H and O–H groups in total. The monoisotopic (exact) mass is 96.1 g/mol. The van der Waals surface area contributed by atoms with Gasteiger partial charge in [-0.3, -0.25) is 10.4 Å². The summed E-state index contributed by atoms with van der Waals surface area (Å²) in [4.78, 5) is 0. The van der Waals surface area contributed by atoms with Crippen molar-refractivity contribution in [3.63, 3.8) is 0 Å². The first-order valence-corrected chi connectivity index (χ1v) is 2.00. The maximum Gasteiger partial charge on any atom is 0.166 e. The Bertz CT molecular complexity index is 139. The highest BCUT2D eigenvalue weighted by Gasteiger charge is 1.83. The smallest absolute Gasteiger partial charge is 0.166 e. The van der Waals surface area contributed by atoms with Crippen LogP contribution in [0.2, 0.25) is 0 Å². The molecule has 0 amide bonds. The molecule has 0 aliphatic carbocycles. The topological polar surface area (TPSA) is 41.6 Å². The Morgan fingerprint density at radius 1 is 1.86 bits per heavy atom. The van der Waals surface area contributed by atoms with Crippen LogP contribution in [0.25, 0.3) is 0 Å². The standard InChI is InChI=1S/C4H6N3/c1-7-3-2-4(5)6-7/h2-3,5H,1H3. The lowest BCUT2D eigenvalue weighted by molar-refractivity contribution is 0.767. The molecule has 3 heteroatoms. The summed E-state index contributed by atoms with van der Waals surface area (Å²) in [7, 11) is 1.79. The highest BCUT2D eigenvalue weighted by molar-refractivity contribution is 5.18. The Kier molecular flexibility index (Phi) is 0.749. The van der Waals surface area contributed by atoms with Gasteiger partial charge in [-0.1, -0.05) is 0 Å². The van der Waals surface area contributed by atoms with Crippen LogP contribution >= 0.6 is 0 Å². The van der Waals surface area contributed by atoms with Crippen LogP contribution in [0.5, 0.6) is 0 Å². The number of aryl methyl sites for hydroxylation is 1. The molecule has 37 valence electrons. The molecular formula is C4H6N3. The highest BCUT2D eigenvalue weighted by Crippen LogP contribution is 1.93. The van der Waals surface area contributed by atoms with Gasteiger partial charge in [0.2, 0.25) is 0 Å². The van der Waals surface area contributed by atoms with Crippen LogP contribution in [-0.4, -0.2) is 9.78 Å². The zero-order chi connectivity index (χ0) is 5.28. The maximum atomic E-state index is 6.88. The number of nitrogens with one attached hydrogen (secondary N) is 1. The molecular weight excluding hydrogens is 90.1 g/mol. The minimum atomic E-state index is 0.322. The Balaban J connectivity index is 3.04. The van der Waals surface area contributed by atoms with Gasteiger partial charge < -0.3 is 0 Å². The first kappa shape index (κ1) is 4.18. The second kappa shape index (κ2) is 1.26. The van der Waals surface area contributed by atoms with Crippen molar-refractivity contribution in [3.05, 3.63) is 12.3 Å². The van der Waals surface area contributed by atoms with Gasteiger partial charge in [0.25, 0.3) is 0 Å². The van der Waals surface area contributed by atoms with Crippen LogP contribution in [0.3, 0.4) is 0 Å². The van der Waals surface area contributed by atoms with E-state index < -0.39 is 0 Å². The lowest BCUT2D eigenvalue weighted by atomic mass is 10.7. The summed E-state index contributed by atoms with van der Waals surface area (Å²) in [5.41, 5.74) is 6.88. The summed E-state index contributed by atoms with van der Waals surface area (Å²) in [5, 5.41) is 3.69. The average molecular weight is 96.1 g/mol. The van der Waals surface area contributed by atoms with Gasteiger partial charge in [0.1, 0.15) is 0 Å². The van der Waals surface area contributed by atoms with E-state index in [0.29, 0.717) is 5.82 Å². The van der Waals surface area contributed by atoms with E-state index in [4.69, 9.17) is 5.73 Å². The average Bonchev–Trinajstić information content (AvgIpc) is 1.87. The van der Waals surface area contributed by atoms with Crippen LogP contribution < -0.4 is 5.73 Å². The number of hydrogen-bond acceptors (Lipinski definition) is 1. The lowest BCUT2D eigenvalue weighted by Gasteiger charge is -1.79. The Labute approximate surface area is 41.7 Å². The summed E-state index contributed by atoms with van der Waals surface area (Å²) >= 11 is 0. The van der Waals surface area contributed by atoms with Crippen LogP contribution in [0.15, 0.2) is 12.3 Å². The van der Waals surface area contributed by atoms with Crippen molar-refractivity contribution in [1.82, 2.24) is 15.5 Å². The molecule has 1 aromatic rings. The molecule has 1 radical (unpaired) electrons. The van der Waals surface area contributed by atoms with Crippen LogP contribution in [0, 0.1) is 0 Å². The van der Waals surface area contributed by atoms with E-state index >= 15 is 0 Å². The van der Waals surface area contributed by atoms with Crippen molar-refractivity contribution in [1.29, 1.82) is 0 Å². The van der Waals surface area contributed by atoms with Gasteiger partial charge in [-0.15, -0.1) is 0 Å². The summed E-state index contributed by atoms with van der Waals surface area (Å²) in [5.74, 6) is 0.322. The maximum absolute atomic E-state index is 6.88. The quantitative estimate of drug-likeness (QED) is 0.459. The number of rotatable bonds is 0. The fourth-order valence-electron chi connectivity index (χ4n) is 0.415. The first-order chi connectivity index (χ1) is 3.29. The van der Waals surface area contributed by atoms with E-state index in [2.05, 4.69) is 5.10 Å². The number of aromatic nitrogens is 2. The summed E-state index contributed by atoms with van der Waals surface area (Å²) < 4.78 is 1.60. The van der Waals surface area contributed by atoms with Gasteiger partial charge in [-0.25, -0.2) is 0 Å². The minimum absolute atomic E-state index is 0.322. The molecule has 0 fully saturated rings. The van der Waals surface area contributed by atoms with Gasteiger partial charge in [-0.05, 0) is 0 Å². The second-order valence-corrected chi connectivity index (χ2v) is 1.37. The van der Waals surface area contributed by atoms with Gasteiger partial charge in [0, 0.05) is 19.3 Å². The predicted molar refractivity (Wildman–Crippen MR) is 26.0 cm³/mol. The predicted octanol–water partition coefficient (Wildman–Crippen LogP) is 0.334. The minimum Gasteiger partial charge on any atom is -0.281 e. The molecule has 1 heterocycles. The lowest BCUT2D eigenvalue weighted by Crippen LogP contribution is -1.85. The first-order valence-electron chi connectivity index (χ1n) is 2.00. The number of hydrogen-bond donors (Lipinski definition) is 0. The molecule has 0 aliphatic rings. The van der Waals surface area contributed by atoms with Crippen LogP contribution in [0.1, 0.15) is 0 Å². The van der Waals surface area contributed by atoms with Crippen LogP contribution in [0.4, 0.5) is 5.82 Å². The van der Waals surface area contributed by atoms with Gasteiger partial charge in [0.15, 0.2) is 5.82 Å². The van der Waals surface area contributed by atoms with Gasteiger partial charge in [-0.2, -0.15) is 5.10 Å². The highest BCUT2D eigenvalue weighted by atomic mass is 15.3. The third kappa shape index (κ3) is 0.707. The van der Waals surface area contributed by atoms with E-state index in [9.17, 15) is 0 Å². The molecule has 3 nitrogen and oxygen atoms in total. The van der Waals surface area contributed by atoms with Crippen molar-refractivity contribution in [2.75, 3.05) is 0 Å². The van der Waals surface area contributed by atoms with Crippen molar-refractivity contribution < 1.29 is 0 Å². The van der Waals surface area contributed by atoms with E-state index in [1.165, 1.54) is 0 Å². The van der Waals surface area contributed by atoms with E-state index in [1.54, 1.807) is 24.0 Å². The molecule has 0 aliphatic heterocycles. The van der Waals surface area contributed by atoms with Gasteiger partial charge >= 0.3 is 0 Å². The van der Waals surface area contributed by atoms with E-state index in [-0.39, 0.29) is 0 Å². The zero-order valence-corrected chi connectivity index (χ0v) is 4.05. The third-order valence-electron chi connectivity index (χ3n) is 0.714. The molecule has 0 bridgehead atoms. The van der Waals surface area contributed by atoms with E-state index in [1.807, 2.05) is 0 Å². The fourth-order valence-corrected chi connectivity index (χ4v) is 0.415. The van der Waals surface area contributed by atoms with Crippen molar-refractivity contribution in [2.45, 2.75) is 0 Å². The van der Waals surface area contributed by atoms with Crippen molar-refractivity contribution in [2.24, 2.45) is 7.05 Å². The molecule has 1 aromatic heterocycles. The molecule has 7 heavy (non-hydrogen) atoms. The van der Waals surface area contributed by atoms with Crippen molar-refractivity contribution in [3.8, 4) is 0 Å². The SMILES string of the molecule is Cn1ccc([NH])n1. The molecule has 0 saturated heterocycles. The third-order valence-corrected chi connectivity index (χ3v) is 0.714. The molecule has 0 unspecified atom stereocenters. The Morgan fingerprint density at radius 3 is 2.71 bits per heavy atom. The van der Waals surface area contributed by atoms with Crippen molar-refractivity contribution >= 4 is 5.82 Å². The summed E-state index contributed by atoms with van der Waals surface area (Å²) in [6, 6.07) is 1.64. The molecule has 1 rings (SSSR count). The van der Waals surface area contributed by atoms with Gasteiger partial charge in [0.05, 0.1) is 0 Å². The Hall–Kier alpha value is -0.990. The molecule has 0 aromatic carbocycles. The Morgan fingerprint density at radius 2 is 2.57 bits per heavy atom. The summed E-state index contributed by atoms with van der Waals surface area (Å²) in [6.45, 7) is 0. The summed E-state index contributed by atoms with van der Waals surface area (Å²) in [6.07, 6.45) is 1.74. The second-order valence-electron chi connectivity index (χ2n) is 1.37. The number of nitrogens with zero attached hydrogens (tertiary/aromatic N) is 2. The fraction of sp³-hybridized carbons (Fsp3) is 0.250. The normalized spacial score (nSPS) is 9.29. The largest absolute Gasteiger partial charge is 0.281 e. The molecule has 0 atom stereocenters. The molecule has 0 spiro atoms. The van der Waals surface area contributed by atoms with E-state index in [0.717, 1.165) is 0 Å². The zero-order valence-electron chi connectivity index (χ0n) is 4.05. The molecule has 0 saturated carbocycles.